The van der Waals surface area contributed by atoms with Gasteiger partial charge in [-0.05, 0) is 99.3 Å². The Labute approximate surface area is 225 Å². The Balaban J connectivity index is 1.08. The van der Waals surface area contributed by atoms with E-state index in [4.69, 9.17) is 4.37 Å². The number of nitrogens with zero attached hydrogens (tertiary/aromatic N) is 3. The van der Waals surface area contributed by atoms with Gasteiger partial charge in [0, 0.05) is 18.5 Å². The summed E-state index contributed by atoms with van der Waals surface area (Å²) in [6.45, 7) is 10.4. The van der Waals surface area contributed by atoms with Crippen molar-refractivity contribution in [3.63, 3.8) is 0 Å². The number of imide groups is 1. The second-order valence-electron chi connectivity index (χ2n) is 12.1. The van der Waals surface area contributed by atoms with Crippen LogP contribution >= 0.6 is 11.5 Å². The number of hydrogen-bond acceptors (Lipinski definition) is 5. The zero-order valence-corrected chi connectivity index (χ0v) is 23.1. The first-order chi connectivity index (χ1) is 18.0. The highest BCUT2D eigenvalue weighted by atomic mass is 32.1. The summed E-state index contributed by atoms with van der Waals surface area (Å²) in [6, 6.07) is 8.55. The van der Waals surface area contributed by atoms with Crippen LogP contribution in [0, 0.1) is 35.5 Å². The minimum Gasteiger partial charge on any atom is -0.303 e. The molecule has 4 aliphatic rings. The van der Waals surface area contributed by atoms with E-state index in [1.807, 2.05) is 0 Å². The third-order valence-corrected chi connectivity index (χ3v) is 10.8. The molecule has 3 saturated carbocycles. The molecule has 2 aromatic rings. The van der Waals surface area contributed by atoms with Crippen molar-refractivity contribution in [3.05, 3.63) is 42.1 Å². The highest BCUT2D eigenvalue weighted by Crippen LogP contribution is 2.58. The number of fused-ring (bicyclic) bond motifs is 6. The van der Waals surface area contributed by atoms with Crippen LogP contribution in [0.5, 0.6) is 0 Å². The lowest BCUT2D eigenvalue weighted by molar-refractivity contribution is -0.142. The van der Waals surface area contributed by atoms with Crippen LogP contribution in [0.15, 0.2) is 36.4 Å². The first-order valence-corrected chi connectivity index (χ1v) is 15.4. The lowest BCUT2D eigenvalue weighted by Crippen LogP contribution is -2.43. The number of rotatable bonds is 10. The van der Waals surface area contributed by atoms with Gasteiger partial charge < -0.3 is 4.90 Å². The summed E-state index contributed by atoms with van der Waals surface area (Å²) in [5, 5.41) is 1.31. The lowest BCUT2D eigenvalue weighted by atomic mass is 9.78. The Morgan fingerprint density at radius 3 is 2.70 bits per heavy atom. The summed E-state index contributed by atoms with van der Waals surface area (Å²) in [5.41, 5.74) is 2.45. The van der Waals surface area contributed by atoms with Crippen LogP contribution in [-0.2, 0) is 16.0 Å². The maximum atomic E-state index is 13.4. The molecule has 1 aromatic heterocycles. The molecule has 5 nitrogen and oxygen atoms in total. The van der Waals surface area contributed by atoms with E-state index in [2.05, 4.69) is 42.7 Å². The molecule has 2 amide bonds. The van der Waals surface area contributed by atoms with Crippen LogP contribution in [0.3, 0.4) is 0 Å². The first-order valence-electron chi connectivity index (χ1n) is 14.6. The van der Waals surface area contributed by atoms with E-state index in [-0.39, 0.29) is 29.6 Å². The van der Waals surface area contributed by atoms with E-state index >= 15 is 0 Å². The third kappa shape index (κ3) is 4.69. The predicted octanol–water partition coefficient (Wildman–Crippen LogP) is 5.94. The fourth-order valence-corrected chi connectivity index (χ4v) is 8.96. The molecule has 3 aliphatic carbocycles. The quantitative estimate of drug-likeness (QED) is 0.288. The van der Waals surface area contributed by atoms with Crippen LogP contribution < -0.4 is 0 Å². The smallest absolute Gasteiger partial charge is 0.233 e. The minimum atomic E-state index is -0.0980. The maximum absolute atomic E-state index is 13.4. The maximum Gasteiger partial charge on any atom is 0.233 e. The summed E-state index contributed by atoms with van der Waals surface area (Å²) in [5.74, 6) is 1.72. The van der Waals surface area contributed by atoms with Gasteiger partial charge in [-0.15, -0.1) is 0 Å². The normalized spacial score (nSPS) is 31.3. The molecule has 6 heteroatoms. The van der Waals surface area contributed by atoms with E-state index in [1.165, 1.54) is 40.6 Å². The van der Waals surface area contributed by atoms with Crippen molar-refractivity contribution in [2.24, 2.45) is 35.5 Å². The van der Waals surface area contributed by atoms with E-state index < -0.39 is 0 Å². The Hall–Kier alpha value is -2.05. The molecular weight excluding hydrogens is 478 g/mol. The van der Waals surface area contributed by atoms with Crippen molar-refractivity contribution in [2.75, 3.05) is 26.2 Å². The molecule has 37 heavy (non-hydrogen) atoms. The van der Waals surface area contributed by atoms with Crippen molar-refractivity contribution in [2.45, 2.75) is 64.7 Å². The van der Waals surface area contributed by atoms with Crippen molar-refractivity contribution >= 4 is 33.4 Å². The van der Waals surface area contributed by atoms with Crippen molar-refractivity contribution in [3.8, 4) is 0 Å². The van der Waals surface area contributed by atoms with Gasteiger partial charge in [0.15, 0.2) is 0 Å². The molecule has 2 bridgehead atoms. The molecule has 6 rings (SSSR count). The van der Waals surface area contributed by atoms with Gasteiger partial charge in [-0.1, -0.05) is 50.1 Å². The summed E-state index contributed by atoms with van der Waals surface area (Å²) >= 11 is 1.61. The summed E-state index contributed by atoms with van der Waals surface area (Å²) in [7, 11) is 0. The molecule has 0 N–H and O–H groups in total. The highest BCUT2D eigenvalue weighted by Gasteiger charge is 2.62. The number of carbonyl (C=O) groups excluding carboxylic acids is 2. The van der Waals surface area contributed by atoms with Crippen LogP contribution in [0.25, 0.3) is 10.1 Å². The molecule has 1 aromatic carbocycles. The van der Waals surface area contributed by atoms with Crippen LogP contribution in [-0.4, -0.2) is 52.2 Å². The van der Waals surface area contributed by atoms with Gasteiger partial charge in [-0.3, -0.25) is 14.5 Å². The summed E-state index contributed by atoms with van der Waals surface area (Å²) in [4.78, 5) is 31.2. The van der Waals surface area contributed by atoms with E-state index in [0.717, 1.165) is 58.2 Å². The van der Waals surface area contributed by atoms with Gasteiger partial charge in [0.05, 0.1) is 22.2 Å². The fourth-order valence-electron chi connectivity index (χ4n) is 8.14. The summed E-state index contributed by atoms with van der Waals surface area (Å²) in [6.07, 6.45) is 10.1. The van der Waals surface area contributed by atoms with E-state index in [9.17, 15) is 9.59 Å². The average Bonchev–Trinajstić information content (AvgIpc) is 3.64. The number of carbonyl (C=O) groups is 2. The molecule has 1 saturated heterocycles. The van der Waals surface area contributed by atoms with Crippen molar-refractivity contribution < 1.29 is 9.59 Å². The molecular formula is C31H41N3O2S. The van der Waals surface area contributed by atoms with Crippen LogP contribution in [0.1, 0.15) is 64.0 Å². The largest absolute Gasteiger partial charge is 0.303 e. The number of hydrogen-bond donors (Lipinski definition) is 0. The number of amides is 2. The Morgan fingerprint density at radius 2 is 1.86 bits per heavy atom. The molecule has 2 heterocycles. The fraction of sp³-hybridized carbons (Fsp3) is 0.645. The van der Waals surface area contributed by atoms with Crippen LogP contribution in [0.2, 0.25) is 0 Å². The summed E-state index contributed by atoms with van der Waals surface area (Å²) < 4.78 is 6.01. The Morgan fingerprint density at radius 1 is 1.08 bits per heavy atom. The number of benzene rings is 1. The zero-order chi connectivity index (χ0) is 25.5. The number of aryl methyl sites for hydroxylation is 1. The number of likely N-dealkylation sites (tertiary alicyclic amines) is 1. The van der Waals surface area contributed by atoms with Gasteiger partial charge in [-0.2, -0.15) is 4.37 Å². The van der Waals surface area contributed by atoms with Crippen molar-refractivity contribution in [1.29, 1.82) is 0 Å². The Bertz CT molecular complexity index is 1170. The first kappa shape index (κ1) is 25.2. The van der Waals surface area contributed by atoms with Crippen LogP contribution in [0.4, 0.5) is 0 Å². The number of aromatic nitrogens is 1. The average molecular weight is 520 g/mol. The number of allylic oxidation sites excluding steroid dienone is 1. The minimum absolute atomic E-state index is 0.0524. The van der Waals surface area contributed by atoms with Gasteiger partial charge in [0.25, 0.3) is 0 Å². The van der Waals surface area contributed by atoms with Crippen molar-refractivity contribution in [1.82, 2.24) is 14.2 Å². The molecule has 4 fully saturated rings. The van der Waals surface area contributed by atoms with Gasteiger partial charge in [0.1, 0.15) is 0 Å². The molecule has 1 aliphatic heterocycles. The van der Waals surface area contributed by atoms with Gasteiger partial charge in [0.2, 0.25) is 11.8 Å². The molecule has 6 atom stereocenters. The van der Waals surface area contributed by atoms with E-state index in [0.29, 0.717) is 24.3 Å². The standard InChI is InChI=1S/C31H41N3O2S/c1-3-14-33(15-8-12-26-24-11-6-7-13-27(24)37-32-26)18-21-9-4-5-10-22(21)19-34-30(35)28-23-16-20(2)25(17-23)29(28)31(34)36/h6-7,11,13,21-23,25,28-29H,2-5,8-10,12,14-19H2,1H3/t21-,22-,23-,25-,28+,29-/m0/s1. The Kier molecular flexibility index (Phi) is 7.24. The molecule has 198 valence electrons. The molecule has 0 unspecified atom stereocenters. The van der Waals surface area contributed by atoms with E-state index in [1.54, 1.807) is 16.4 Å². The lowest BCUT2D eigenvalue weighted by Gasteiger charge is -2.37. The predicted molar refractivity (Wildman–Crippen MR) is 149 cm³/mol. The molecule has 0 spiro atoms. The van der Waals surface area contributed by atoms with Gasteiger partial charge >= 0.3 is 0 Å². The SMILES string of the molecule is C=C1C[C@H]2C[C@@H]1[C@@H]1C(=O)N(C[C@@H]3CCCC[C@H]3CN(CCC)CCCc3nsc4ccccc34)C(=O)[C@H]21. The zero-order valence-electron chi connectivity index (χ0n) is 22.2. The van der Waals surface area contributed by atoms with Gasteiger partial charge in [-0.25, -0.2) is 0 Å². The monoisotopic (exact) mass is 519 g/mol. The second-order valence-corrected chi connectivity index (χ2v) is 12.9. The highest BCUT2D eigenvalue weighted by molar-refractivity contribution is 7.13. The molecule has 0 radical (unpaired) electrons. The topological polar surface area (TPSA) is 53.5 Å². The third-order valence-electron chi connectivity index (χ3n) is 9.89. The second kappa shape index (κ2) is 10.6.